The Morgan fingerprint density at radius 1 is 1.07 bits per heavy atom. The van der Waals surface area contributed by atoms with Gasteiger partial charge in [-0.25, -0.2) is 4.68 Å². The van der Waals surface area contributed by atoms with E-state index in [4.69, 9.17) is 4.74 Å². The van der Waals surface area contributed by atoms with Crippen molar-refractivity contribution in [1.82, 2.24) is 14.3 Å². The van der Waals surface area contributed by atoms with Crippen LogP contribution in [0.25, 0.3) is 21.8 Å². The Morgan fingerprint density at radius 2 is 1.76 bits per heavy atom. The van der Waals surface area contributed by atoms with Crippen molar-refractivity contribution in [2.24, 2.45) is 0 Å². The number of aromatic nitrogens is 3. The molecular formula is C23H23N3O3. The molecule has 0 saturated heterocycles. The number of carbonyl (C=O) groups is 1. The summed E-state index contributed by atoms with van der Waals surface area (Å²) < 4.78 is 7.90. The first-order chi connectivity index (χ1) is 13.9. The number of rotatable bonds is 4. The summed E-state index contributed by atoms with van der Waals surface area (Å²) in [5, 5.41) is 5.96. The highest BCUT2D eigenvalue weighted by molar-refractivity contribution is 6.07. The van der Waals surface area contributed by atoms with Crippen molar-refractivity contribution >= 4 is 27.8 Å². The lowest BCUT2D eigenvalue weighted by atomic mass is 10.00. The zero-order valence-electron chi connectivity index (χ0n) is 17.0. The number of methoxy groups -OCH3 is 1. The number of esters is 1. The van der Waals surface area contributed by atoms with Crippen LogP contribution in [0.2, 0.25) is 0 Å². The van der Waals surface area contributed by atoms with Crippen molar-refractivity contribution in [2.75, 3.05) is 7.11 Å². The van der Waals surface area contributed by atoms with Gasteiger partial charge in [0.15, 0.2) is 0 Å². The fraction of sp³-hybridized carbons (Fsp3) is 0.261. The predicted molar refractivity (Wildman–Crippen MR) is 113 cm³/mol. The molecule has 0 unspecified atom stereocenters. The predicted octanol–water partition coefficient (Wildman–Crippen LogP) is 3.50. The Bertz CT molecular complexity index is 1290. The number of carbonyl (C=O) groups excluding carboxylic acids is 1. The molecule has 0 aliphatic rings. The molecule has 4 rings (SSSR count). The van der Waals surface area contributed by atoms with E-state index in [1.165, 1.54) is 34.0 Å². The van der Waals surface area contributed by atoms with E-state index in [2.05, 4.69) is 38.0 Å². The number of para-hydroxylation sites is 1. The molecule has 2 aromatic heterocycles. The molecule has 0 aliphatic heterocycles. The van der Waals surface area contributed by atoms with Gasteiger partial charge in [0.2, 0.25) is 0 Å². The Kier molecular flexibility index (Phi) is 4.70. The minimum absolute atomic E-state index is 0.213. The van der Waals surface area contributed by atoms with Crippen LogP contribution in [0.5, 0.6) is 0 Å². The van der Waals surface area contributed by atoms with Crippen LogP contribution in [0.1, 0.15) is 22.3 Å². The topological polar surface area (TPSA) is 66.1 Å². The molecule has 0 bridgehead atoms. The van der Waals surface area contributed by atoms with Gasteiger partial charge in [-0.1, -0.05) is 35.9 Å². The SMILES string of the molecule is COC(=O)Cn1ncc2c3ccccc3n(Cc3c(C)cc(C)cc3C)c2c1=O. The summed E-state index contributed by atoms with van der Waals surface area (Å²) in [4.78, 5) is 25.0. The summed E-state index contributed by atoms with van der Waals surface area (Å²) in [5.74, 6) is -0.508. The molecule has 0 atom stereocenters. The van der Waals surface area contributed by atoms with E-state index in [0.29, 0.717) is 12.1 Å². The van der Waals surface area contributed by atoms with Crippen LogP contribution in [-0.4, -0.2) is 27.4 Å². The Balaban J connectivity index is 2.00. The average molecular weight is 389 g/mol. The summed E-state index contributed by atoms with van der Waals surface area (Å²) in [5.41, 5.74) is 6.01. The molecule has 0 saturated carbocycles. The second-order valence-corrected chi connectivity index (χ2v) is 7.43. The van der Waals surface area contributed by atoms with Gasteiger partial charge in [0.05, 0.1) is 13.3 Å². The molecule has 0 spiro atoms. The van der Waals surface area contributed by atoms with Crippen LogP contribution in [0.3, 0.4) is 0 Å². The van der Waals surface area contributed by atoms with E-state index in [1.54, 1.807) is 6.20 Å². The summed E-state index contributed by atoms with van der Waals surface area (Å²) >= 11 is 0. The van der Waals surface area contributed by atoms with Gasteiger partial charge in [-0.3, -0.25) is 9.59 Å². The largest absolute Gasteiger partial charge is 0.468 e. The summed E-state index contributed by atoms with van der Waals surface area (Å²) in [6.07, 6.45) is 1.66. The summed E-state index contributed by atoms with van der Waals surface area (Å²) in [6, 6.07) is 12.2. The monoisotopic (exact) mass is 389 g/mol. The van der Waals surface area contributed by atoms with E-state index in [1.807, 2.05) is 28.8 Å². The van der Waals surface area contributed by atoms with Crippen molar-refractivity contribution < 1.29 is 9.53 Å². The Hall–Kier alpha value is -3.41. The third-order valence-corrected chi connectivity index (χ3v) is 5.44. The maximum Gasteiger partial charge on any atom is 0.327 e. The minimum Gasteiger partial charge on any atom is -0.468 e. The number of nitrogens with zero attached hydrogens (tertiary/aromatic N) is 3. The average Bonchev–Trinajstić information content (AvgIpc) is 3.01. The number of hydrogen-bond donors (Lipinski definition) is 0. The van der Waals surface area contributed by atoms with Crippen LogP contribution in [0.4, 0.5) is 0 Å². The molecule has 4 aromatic rings. The van der Waals surface area contributed by atoms with E-state index < -0.39 is 5.97 Å². The summed E-state index contributed by atoms with van der Waals surface area (Å²) in [7, 11) is 1.30. The highest BCUT2D eigenvalue weighted by Crippen LogP contribution is 2.28. The second kappa shape index (κ2) is 7.20. The highest BCUT2D eigenvalue weighted by Gasteiger charge is 2.18. The van der Waals surface area contributed by atoms with Crippen molar-refractivity contribution in [3.63, 3.8) is 0 Å². The molecule has 29 heavy (non-hydrogen) atoms. The van der Waals surface area contributed by atoms with Crippen molar-refractivity contribution in [3.8, 4) is 0 Å². The second-order valence-electron chi connectivity index (χ2n) is 7.43. The minimum atomic E-state index is -0.508. The molecule has 6 heteroatoms. The highest BCUT2D eigenvalue weighted by atomic mass is 16.5. The van der Waals surface area contributed by atoms with Gasteiger partial charge < -0.3 is 9.30 Å². The first-order valence-electron chi connectivity index (χ1n) is 9.51. The lowest BCUT2D eigenvalue weighted by Crippen LogP contribution is -2.28. The first-order valence-corrected chi connectivity index (χ1v) is 9.51. The molecular weight excluding hydrogens is 366 g/mol. The van der Waals surface area contributed by atoms with Gasteiger partial charge in [0.25, 0.3) is 5.56 Å². The molecule has 0 fully saturated rings. The standard InChI is InChI=1S/C23H23N3O3/c1-14-9-15(2)19(16(3)10-14)12-25-20-8-6-5-7-17(20)18-11-24-26(13-21(27)29-4)23(28)22(18)25/h5-11H,12-13H2,1-4H3. The van der Waals surface area contributed by atoms with Crippen LogP contribution < -0.4 is 5.56 Å². The smallest absolute Gasteiger partial charge is 0.327 e. The third-order valence-electron chi connectivity index (χ3n) is 5.44. The van der Waals surface area contributed by atoms with Crippen LogP contribution >= 0.6 is 0 Å². The van der Waals surface area contributed by atoms with Crippen LogP contribution in [-0.2, 0) is 22.6 Å². The Labute approximate surface area is 168 Å². The van der Waals surface area contributed by atoms with Crippen molar-refractivity contribution in [3.05, 3.63) is 75.2 Å². The van der Waals surface area contributed by atoms with E-state index in [9.17, 15) is 9.59 Å². The maximum absolute atomic E-state index is 13.3. The fourth-order valence-corrected chi connectivity index (χ4v) is 4.07. The van der Waals surface area contributed by atoms with Gasteiger partial charge in [-0.15, -0.1) is 0 Å². The lowest BCUT2D eigenvalue weighted by Gasteiger charge is -2.14. The number of aryl methyl sites for hydroxylation is 3. The molecule has 2 aromatic carbocycles. The maximum atomic E-state index is 13.3. The number of fused-ring (bicyclic) bond motifs is 3. The van der Waals surface area contributed by atoms with Crippen molar-refractivity contribution in [1.29, 1.82) is 0 Å². The number of hydrogen-bond acceptors (Lipinski definition) is 4. The molecule has 148 valence electrons. The molecule has 0 N–H and O–H groups in total. The van der Waals surface area contributed by atoms with E-state index in [0.717, 1.165) is 16.3 Å². The first kappa shape index (κ1) is 18.9. The fourth-order valence-electron chi connectivity index (χ4n) is 4.07. The van der Waals surface area contributed by atoms with Gasteiger partial charge in [-0.2, -0.15) is 5.10 Å². The molecule has 0 radical (unpaired) electrons. The zero-order chi connectivity index (χ0) is 20.7. The van der Waals surface area contributed by atoms with Crippen molar-refractivity contribution in [2.45, 2.75) is 33.9 Å². The van der Waals surface area contributed by atoms with E-state index >= 15 is 0 Å². The molecule has 0 aliphatic carbocycles. The lowest BCUT2D eigenvalue weighted by molar-refractivity contribution is -0.141. The number of benzene rings is 2. The molecule has 2 heterocycles. The summed E-state index contributed by atoms with van der Waals surface area (Å²) in [6.45, 7) is 6.64. The van der Waals surface area contributed by atoms with E-state index in [-0.39, 0.29) is 12.1 Å². The van der Waals surface area contributed by atoms with Gasteiger partial charge in [-0.05, 0) is 43.5 Å². The van der Waals surface area contributed by atoms with Gasteiger partial charge in [0, 0.05) is 22.8 Å². The normalized spacial score (nSPS) is 11.3. The number of ether oxygens (including phenoxy) is 1. The quantitative estimate of drug-likeness (QED) is 0.501. The molecule has 0 amide bonds. The Morgan fingerprint density at radius 3 is 2.45 bits per heavy atom. The zero-order valence-corrected chi connectivity index (χ0v) is 17.0. The van der Waals surface area contributed by atoms with Crippen LogP contribution in [0.15, 0.2) is 47.4 Å². The molecule has 6 nitrogen and oxygen atoms in total. The van der Waals surface area contributed by atoms with Gasteiger partial charge in [0.1, 0.15) is 12.1 Å². The third kappa shape index (κ3) is 3.20. The van der Waals surface area contributed by atoms with Crippen LogP contribution in [0, 0.1) is 20.8 Å². The van der Waals surface area contributed by atoms with Gasteiger partial charge >= 0.3 is 5.97 Å².